The van der Waals surface area contributed by atoms with E-state index in [1.54, 1.807) is 9.80 Å². The Balaban J connectivity index is 1.74. The fourth-order valence-electron chi connectivity index (χ4n) is 2.59. The number of unbranched alkanes of at least 4 members (excludes halogenated alkanes) is 2. The van der Waals surface area contributed by atoms with Crippen LogP contribution in [0.25, 0.3) is 0 Å². The van der Waals surface area contributed by atoms with Gasteiger partial charge in [-0.1, -0.05) is 19.8 Å². The highest BCUT2D eigenvalue weighted by Crippen LogP contribution is 2.08. The summed E-state index contributed by atoms with van der Waals surface area (Å²) in [6.07, 6.45) is 4.64. The lowest BCUT2D eigenvalue weighted by Crippen LogP contribution is -2.51. The van der Waals surface area contributed by atoms with E-state index in [2.05, 4.69) is 11.9 Å². The summed E-state index contributed by atoms with van der Waals surface area (Å²) in [6, 6.07) is 2.85. The van der Waals surface area contributed by atoms with E-state index in [-0.39, 0.29) is 24.0 Å². The number of aromatic nitrogens is 1. The number of nitrogens with zero attached hydrogens (tertiary/aromatic N) is 2. The number of hydrogen-bond acceptors (Lipinski definition) is 4. The number of H-pyrrole nitrogens is 1. The third-order valence-corrected chi connectivity index (χ3v) is 4.07. The zero-order valence-electron chi connectivity index (χ0n) is 14.1. The minimum atomic E-state index is -0.235. The summed E-state index contributed by atoms with van der Waals surface area (Å²) in [5, 5.41) is 0. The van der Waals surface area contributed by atoms with Gasteiger partial charge in [0.1, 0.15) is 6.61 Å². The number of nitrogens with one attached hydrogen (secondary N) is 1. The first-order valence-electron chi connectivity index (χ1n) is 8.45. The van der Waals surface area contributed by atoms with E-state index in [1.807, 2.05) is 0 Å². The second-order valence-electron chi connectivity index (χ2n) is 5.87. The van der Waals surface area contributed by atoms with E-state index in [9.17, 15) is 14.4 Å². The third kappa shape index (κ3) is 5.19. The highest BCUT2D eigenvalue weighted by atomic mass is 16.5. The van der Waals surface area contributed by atoms with Gasteiger partial charge in [-0.2, -0.15) is 0 Å². The van der Waals surface area contributed by atoms with Gasteiger partial charge in [-0.15, -0.1) is 0 Å². The molecule has 1 aromatic rings. The van der Waals surface area contributed by atoms with Crippen LogP contribution in [0.5, 0.6) is 0 Å². The fraction of sp³-hybridized carbons (Fsp3) is 0.588. The van der Waals surface area contributed by atoms with Gasteiger partial charge in [0.15, 0.2) is 0 Å². The lowest BCUT2D eigenvalue weighted by atomic mass is 10.2. The van der Waals surface area contributed by atoms with Crippen molar-refractivity contribution in [3.8, 4) is 0 Å². The summed E-state index contributed by atoms with van der Waals surface area (Å²) in [7, 11) is 0. The van der Waals surface area contributed by atoms with Gasteiger partial charge in [0.05, 0.1) is 5.56 Å². The second kappa shape index (κ2) is 9.22. The van der Waals surface area contributed by atoms with Crippen molar-refractivity contribution in [1.82, 2.24) is 14.8 Å². The smallest absolute Gasteiger partial charge is 0.255 e. The molecule has 2 rings (SSSR count). The van der Waals surface area contributed by atoms with E-state index < -0.39 is 0 Å². The quantitative estimate of drug-likeness (QED) is 0.750. The molecule has 0 aromatic carbocycles. The zero-order valence-corrected chi connectivity index (χ0v) is 14.1. The van der Waals surface area contributed by atoms with Crippen molar-refractivity contribution in [2.75, 3.05) is 39.4 Å². The van der Waals surface area contributed by atoms with Gasteiger partial charge in [0.25, 0.3) is 5.91 Å². The van der Waals surface area contributed by atoms with Crippen LogP contribution in [0.4, 0.5) is 0 Å². The summed E-state index contributed by atoms with van der Waals surface area (Å²) in [5.41, 5.74) is 0.217. The highest BCUT2D eigenvalue weighted by Gasteiger charge is 2.24. The molecule has 0 unspecified atom stereocenters. The topological polar surface area (TPSA) is 82.7 Å². The number of aromatic amines is 1. The molecule has 0 aliphatic carbocycles. The molecular weight excluding hydrogens is 310 g/mol. The Morgan fingerprint density at radius 3 is 2.46 bits per heavy atom. The van der Waals surface area contributed by atoms with Crippen molar-refractivity contribution in [2.45, 2.75) is 26.2 Å². The van der Waals surface area contributed by atoms with Gasteiger partial charge < -0.3 is 19.5 Å². The molecule has 1 saturated heterocycles. The molecule has 0 bridgehead atoms. The molecular formula is C17H25N3O4. The first-order chi connectivity index (χ1) is 11.6. The monoisotopic (exact) mass is 335 g/mol. The second-order valence-corrected chi connectivity index (χ2v) is 5.87. The molecule has 1 fully saturated rings. The Morgan fingerprint density at radius 1 is 1.12 bits per heavy atom. The Kier molecular flexibility index (Phi) is 6.99. The summed E-state index contributed by atoms with van der Waals surface area (Å²) < 4.78 is 5.40. The van der Waals surface area contributed by atoms with Crippen LogP contribution in [-0.2, 0) is 9.53 Å². The van der Waals surface area contributed by atoms with Crippen LogP contribution < -0.4 is 5.56 Å². The van der Waals surface area contributed by atoms with E-state index in [0.717, 1.165) is 19.3 Å². The van der Waals surface area contributed by atoms with E-state index in [0.29, 0.717) is 38.3 Å². The van der Waals surface area contributed by atoms with Gasteiger partial charge in [-0.05, 0) is 12.5 Å². The maximum atomic E-state index is 12.3. The van der Waals surface area contributed by atoms with Gasteiger partial charge >= 0.3 is 0 Å². The van der Waals surface area contributed by atoms with Gasteiger partial charge in [0.2, 0.25) is 11.5 Å². The molecule has 0 atom stereocenters. The Hall–Kier alpha value is -2.15. The number of piperazine rings is 1. The van der Waals surface area contributed by atoms with Crippen molar-refractivity contribution in [3.05, 3.63) is 34.2 Å². The molecule has 7 nitrogen and oxygen atoms in total. The standard InChI is InChI=1S/C17H25N3O4/c1-2-3-4-11-24-13-16(22)19-7-9-20(10-8-19)17(23)14-5-6-15(21)18-12-14/h5-6,12H,2-4,7-11,13H2,1H3,(H,18,21). The predicted octanol–water partition coefficient (Wildman–Crippen LogP) is 0.866. The zero-order chi connectivity index (χ0) is 17.4. The predicted molar refractivity (Wildman–Crippen MR) is 89.9 cm³/mol. The number of amides is 2. The van der Waals surface area contributed by atoms with Crippen LogP contribution in [0.1, 0.15) is 36.5 Å². The fourth-order valence-corrected chi connectivity index (χ4v) is 2.59. The van der Waals surface area contributed by atoms with Crippen molar-refractivity contribution in [2.24, 2.45) is 0 Å². The molecule has 7 heteroatoms. The molecule has 132 valence electrons. The van der Waals surface area contributed by atoms with E-state index in [1.165, 1.54) is 18.3 Å². The molecule has 24 heavy (non-hydrogen) atoms. The summed E-state index contributed by atoms with van der Waals surface area (Å²) in [4.78, 5) is 41.4. The SMILES string of the molecule is CCCCCOCC(=O)N1CCN(C(=O)c2ccc(=O)[nH]c2)CC1. The number of hydrogen-bond donors (Lipinski definition) is 1. The first kappa shape index (κ1) is 18.2. The highest BCUT2D eigenvalue weighted by molar-refractivity contribution is 5.94. The van der Waals surface area contributed by atoms with Crippen molar-refractivity contribution >= 4 is 11.8 Å². The molecule has 2 heterocycles. The van der Waals surface area contributed by atoms with Gasteiger partial charge in [-0.25, -0.2) is 0 Å². The molecule has 2 amide bonds. The summed E-state index contributed by atoms with van der Waals surface area (Å²) >= 11 is 0. The van der Waals surface area contributed by atoms with Crippen LogP contribution in [0.2, 0.25) is 0 Å². The lowest BCUT2D eigenvalue weighted by molar-refractivity contribution is -0.137. The number of ether oxygens (including phenoxy) is 1. The van der Waals surface area contributed by atoms with Gasteiger partial charge in [0, 0.05) is 45.0 Å². The van der Waals surface area contributed by atoms with Crippen molar-refractivity contribution < 1.29 is 14.3 Å². The third-order valence-electron chi connectivity index (χ3n) is 4.07. The number of carbonyl (C=O) groups is 2. The molecule has 0 spiro atoms. The van der Waals surface area contributed by atoms with E-state index >= 15 is 0 Å². The number of pyridine rings is 1. The minimum absolute atomic E-state index is 0.0253. The Morgan fingerprint density at radius 2 is 1.83 bits per heavy atom. The number of rotatable bonds is 7. The van der Waals surface area contributed by atoms with Crippen LogP contribution in [-0.4, -0.2) is 66.0 Å². The van der Waals surface area contributed by atoms with Crippen LogP contribution >= 0.6 is 0 Å². The Bertz CT molecular complexity index is 586. The maximum absolute atomic E-state index is 12.3. The lowest BCUT2D eigenvalue weighted by Gasteiger charge is -2.34. The largest absolute Gasteiger partial charge is 0.372 e. The maximum Gasteiger partial charge on any atom is 0.255 e. The first-order valence-corrected chi connectivity index (χ1v) is 8.45. The van der Waals surface area contributed by atoms with E-state index in [4.69, 9.17) is 4.74 Å². The molecule has 1 aliphatic heterocycles. The van der Waals surface area contributed by atoms with Crippen molar-refractivity contribution in [3.63, 3.8) is 0 Å². The number of carbonyl (C=O) groups excluding carboxylic acids is 2. The van der Waals surface area contributed by atoms with Crippen LogP contribution in [0.3, 0.4) is 0 Å². The molecule has 0 radical (unpaired) electrons. The van der Waals surface area contributed by atoms with Gasteiger partial charge in [-0.3, -0.25) is 14.4 Å². The van der Waals surface area contributed by atoms with Crippen LogP contribution in [0, 0.1) is 0 Å². The average Bonchev–Trinajstić information content (AvgIpc) is 2.61. The normalized spacial score (nSPS) is 14.7. The summed E-state index contributed by atoms with van der Waals surface area (Å²) in [5.74, 6) is -0.156. The Labute approximate surface area is 141 Å². The average molecular weight is 335 g/mol. The molecule has 1 aromatic heterocycles. The minimum Gasteiger partial charge on any atom is -0.372 e. The summed E-state index contributed by atoms with van der Waals surface area (Å²) in [6.45, 7) is 4.83. The molecule has 1 N–H and O–H groups in total. The van der Waals surface area contributed by atoms with Crippen LogP contribution in [0.15, 0.2) is 23.1 Å². The molecule has 0 saturated carbocycles. The molecule has 1 aliphatic rings. The van der Waals surface area contributed by atoms with Crippen molar-refractivity contribution in [1.29, 1.82) is 0 Å².